The Morgan fingerprint density at radius 2 is 1.96 bits per heavy atom. The first kappa shape index (κ1) is 20.1. The molecule has 150 valence electrons. The van der Waals surface area contributed by atoms with Crippen molar-refractivity contribution in [3.63, 3.8) is 0 Å². The van der Waals surface area contributed by atoms with Crippen LogP contribution in [0, 0.1) is 0 Å². The van der Waals surface area contributed by atoms with Crippen molar-refractivity contribution in [1.82, 2.24) is 19.6 Å². The molecular formula is C21H28N4O3. The smallest absolute Gasteiger partial charge is 0.356 e. The van der Waals surface area contributed by atoms with Gasteiger partial charge in [0.1, 0.15) is 0 Å². The Kier molecular flexibility index (Phi) is 6.14. The predicted molar refractivity (Wildman–Crippen MR) is 106 cm³/mol. The summed E-state index contributed by atoms with van der Waals surface area (Å²) in [7, 11) is 3.73. The highest BCUT2D eigenvalue weighted by molar-refractivity contribution is 5.88. The number of aromatic nitrogens is 2. The molecule has 0 saturated carbocycles. The van der Waals surface area contributed by atoms with E-state index in [4.69, 9.17) is 0 Å². The zero-order valence-electron chi connectivity index (χ0n) is 16.8. The Hall–Kier alpha value is -2.67. The molecule has 1 amide bonds. The molecule has 2 heterocycles. The maximum atomic E-state index is 12.7. The maximum Gasteiger partial charge on any atom is 0.356 e. The zero-order valence-corrected chi connectivity index (χ0v) is 16.8. The van der Waals surface area contributed by atoms with Crippen LogP contribution in [0.15, 0.2) is 30.3 Å². The van der Waals surface area contributed by atoms with E-state index in [1.165, 1.54) is 5.56 Å². The van der Waals surface area contributed by atoms with Crippen LogP contribution in [-0.4, -0.2) is 63.2 Å². The van der Waals surface area contributed by atoms with Crippen LogP contribution in [-0.2, 0) is 30.7 Å². The Morgan fingerprint density at radius 3 is 2.61 bits per heavy atom. The molecule has 2 aromatic rings. The van der Waals surface area contributed by atoms with Gasteiger partial charge in [0.15, 0.2) is 5.69 Å². The number of hydrogen-bond acceptors (Lipinski definition) is 4. The molecule has 0 unspecified atom stereocenters. The topological polar surface area (TPSA) is 78.7 Å². The molecule has 0 spiro atoms. The van der Waals surface area contributed by atoms with Gasteiger partial charge in [0, 0.05) is 37.3 Å². The van der Waals surface area contributed by atoms with Gasteiger partial charge in [-0.2, -0.15) is 5.10 Å². The summed E-state index contributed by atoms with van der Waals surface area (Å²) in [5.41, 5.74) is 2.96. The molecule has 1 atom stereocenters. The molecule has 1 N–H and O–H groups in total. The van der Waals surface area contributed by atoms with Crippen LogP contribution in [0.5, 0.6) is 0 Å². The van der Waals surface area contributed by atoms with Gasteiger partial charge in [-0.25, -0.2) is 4.79 Å². The summed E-state index contributed by atoms with van der Waals surface area (Å²) in [6.07, 6.45) is 2.44. The number of amides is 1. The van der Waals surface area contributed by atoms with E-state index >= 15 is 0 Å². The van der Waals surface area contributed by atoms with E-state index in [1.807, 2.05) is 48.8 Å². The van der Waals surface area contributed by atoms with E-state index in [2.05, 4.69) is 17.2 Å². The van der Waals surface area contributed by atoms with Crippen molar-refractivity contribution in [3.05, 3.63) is 52.8 Å². The number of hydrogen-bond donors (Lipinski definition) is 1. The van der Waals surface area contributed by atoms with Crippen LogP contribution in [0.4, 0.5) is 0 Å². The Bertz CT molecular complexity index is 845. The Labute approximate surface area is 165 Å². The number of carboxylic acid groups (broad SMARTS) is 1. The number of carboxylic acids is 1. The number of fused-ring (bicyclic) bond motifs is 1. The van der Waals surface area contributed by atoms with E-state index in [1.54, 1.807) is 4.90 Å². The second-order valence-electron chi connectivity index (χ2n) is 7.54. The van der Waals surface area contributed by atoms with E-state index in [9.17, 15) is 14.7 Å². The van der Waals surface area contributed by atoms with Gasteiger partial charge in [0.25, 0.3) is 0 Å². The van der Waals surface area contributed by atoms with Crippen molar-refractivity contribution in [2.75, 3.05) is 20.6 Å². The fraction of sp³-hybridized carbons (Fsp3) is 0.476. The van der Waals surface area contributed by atoms with Crippen LogP contribution in [0.1, 0.15) is 40.7 Å². The van der Waals surface area contributed by atoms with E-state index < -0.39 is 5.97 Å². The van der Waals surface area contributed by atoms with Crippen LogP contribution >= 0.6 is 0 Å². The third-order valence-corrected chi connectivity index (χ3v) is 5.46. The first-order valence-corrected chi connectivity index (χ1v) is 9.69. The standard InChI is InChI=1S/C21H28N4O3/c1-15(23(2)3)20(26)24-13-11-18-17(14-24)19(21(27)28)22-25(18)12-7-10-16-8-5-4-6-9-16/h4-6,8-9,15H,7,10-14H2,1-3H3,(H,27,28)/t15-/m0/s1. The molecule has 1 aliphatic rings. The fourth-order valence-corrected chi connectivity index (χ4v) is 3.60. The van der Waals surface area contributed by atoms with Crippen molar-refractivity contribution in [2.24, 2.45) is 0 Å². The summed E-state index contributed by atoms with van der Waals surface area (Å²) in [4.78, 5) is 28.0. The normalized spacial score (nSPS) is 14.8. The summed E-state index contributed by atoms with van der Waals surface area (Å²) >= 11 is 0. The lowest BCUT2D eigenvalue weighted by molar-refractivity contribution is -0.136. The van der Waals surface area contributed by atoms with Gasteiger partial charge < -0.3 is 10.0 Å². The lowest BCUT2D eigenvalue weighted by atomic mass is 10.0. The van der Waals surface area contributed by atoms with Gasteiger partial charge in [0.05, 0.1) is 6.04 Å². The maximum absolute atomic E-state index is 12.7. The Morgan fingerprint density at radius 1 is 1.25 bits per heavy atom. The minimum absolute atomic E-state index is 0.0174. The average Bonchev–Trinajstić information content (AvgIpc) is 3.06. The van der Waals surface area contributed by atoms with Crippen molar-refractivity contribution >= 4 is 11.9 Å². The zero-order chi connectivity index (χ0) is 20.3. The Balaban J connectivity index is 1.74. The first-order valence-electron chi connectivity index (χ1n) is 9.69. The van der Waals surface area contributed by atoms with E-state index in [-0.39, 0.29) is 17.6 Å². The van der Waals surface area contributed by atoms with Crippen molar-refractivity contribution in [1.29, 1.82) is 0 Å². The number of carbonyl (C=O) groups is 2. The summed E-state index contributed by atoms with van der Waals surface area (Å²) < 4.78 is 1.83. The summed E-state index contributed by atoms with van der Waals surface area (Å²) in [6.45, 7) is 3.44. The molecule has 1 aliphatic heterocycles. The highest BCUT2D eigenvalue weighted by Gasteiger charge is 2.31. The third kappa shape index (κ3) is 4.25. The molecule has 7 heteroatoms. The fourth-order valence-electron chi connectivity index (χ4n) is 3.60. The van der Waals surface area contributed by atoms with Crippen LogP contribution in [0.25, 0.3) is 0 Å². The quantitative estimate of drug-likeness (QED) is 0.790. The minimum Gasteiger partial charge on any atom is -0.476 e. The molecule has 0 bridgehead atoms. The number of carbonyl (C=O) groups excluding carboxylic acids is 1. The first-order chi connectivity index (χ1) is 13.4. The number of rotatable bonds is 7. The van der Waals surface area contributed by atoms with E-state index in [0.29, 0.717) is 31.6 Å². The molecule has 0 saturated heterocycles. The highest BCUT2D eigenvalue weighted by atomic mass is 16.4. The largest absolute Gasteiger partial charge is 0.476 e. The van der Waals surface area contributed by atoms with Crippen molar-refractivity contribution in [2.45, 2.75) is 45.3 Å². The lowest BCUT2D eigenvalue weighted by Gasteiger charge is -2.31. The van der Waals surface area contributed by atoms with Gasteiger partial charge in [0.2, 0.25) is 5.91 Å². The monoisotopic (exact) mass is 384 g/mol. The minimum atomic E-state index is -1.03. The second-order valence-corrected chi connectivity index (χ2v) is 7.54. The second kappa shape index (κ2) is 8.56. The molecule has 0 aliphatic carbocycles. The number of aryl methyl sites for hydroxylation is 2. The SMILES string of the molecule is C[C@@H](C(=O)N1CCc2c(c(C(=O)O)nn2CCCc2ccccc2)C1)N(C)C. The molecular weight excluding hydrogens is 356 g/mol. The number of nitrogens with zero attached hydrogens (tertiary/aromatic N) is 4. The van der Waals surface area contributed by atoms with Gasteiger partial charge in [-0.15, -0.1) is 0 Å². The summed E-state index contributed by atoms with van der Waals surface area (Å²) in [5.74, 6) is -1.02. The van der Waals surface area contributed by atoms with Crippen molar-refractivity contribution in [3.8, 4) is 0 Å². The summed E-state index contributed by atoms with van der Waals surface area (Å²) in [5, 5.41) is 14.0. The van der Waals surface area contributed by atoms with Gasteiger partial charge in [-0.1, -0.05) is 30.3 Å². The molecule has 0 fully saturated rings. The molecule has 3 rings (SSSR count). The van der Waals surface area contributed by atoms with Crippen LogP contribution in [0.2, 0.25) is 0 Å². The molecule has 0 radical (unpaired) electrons. The van der Waals surface area contributed by atoms with Crippen LogP contribution < -0.4 is 0 Å². The van der Waals surface area contributed by atoms with Crippen molar-refractivity contribution < 1.29 is 14.7 Å². The van der Waals surface area contributed by atoms with Gasteiger partial charge >= 0.3 is 5.97 Å². The molecule has 1 aromatic carbocycles. The average molecular weight is 384 g/mol. The number of aromatic carboxylic acids is 1. The van der Waals surface area contributed by atoms with Crippen LogP contribution in [0.3, 0.4) is 0 Å². The van der Waals surface area contributed by atoms with E-state index in [0.717, 1.165) is 18.5 Å². The van der Waals surface area contributed by atoms with Gasteiger partial charge in [-0.3, -0.25) is 14.4 Å². The lowest BCUT2D eigenvalue weighted by Crippen LogP contribution is -2.46. The molecule has 1 aromatic heterocycles. The molecule has 28 heavy (non-hydrogen) atoms. The number of benzene rings is 1. The predicted octanol–water partition coefficient (Wildman–Crippen LogP) is 2.05. The summed E-state index contributed by atoms with van der Waals surface area (Å²) in [6, 6.07) is 9.99. The third-order valence-electron chi connectivity index (χ3n) is 5.46. The molecule has 7 nitrogen and oxygen atoms in total. The number of likely N-dealkylation sites (N-methyl/N-ethyl adjacent to an activating group) is 1. The highest BCUT2D eigenvalue weighted by Crippen LogP contribution is 2.24. The van der Waals surface area contributed by atoms with Gasteiger partial charge in [-0.05, 0) is 39.4 Å².